The molecule has 2 aromatic carbocycles. The fourth-order valence-electron chi connectivity index (χ4n) is 3.44. The van der Waals surface area contributed by atoms with Gasteiger partial charge in [-0.2, -0.15) is 13.2 Å². The zero-order chi connectivity index (χ0) is 19.7. The Morgan fingerprint density at radius 1 is 0.964 bits per heavy atom. The van der Waals surface area contributed by atoms with Crippen LogP contribution < -0.4 is 10.2 Å². The van der Waals surface area contributed by atoms with Crippen molar-refractivity contribution in [2.24, 2.45) is 0 Å². The molecule has 28 heavy (non-hydrogen) atoms. The average molecular weight is 388 g/mol. The van der Waals surface area contributed by atoms with Crippen LogP contribution in [0, 0.1) is 0 Å². The second-order valence-electron chi connectivity index (χ2n) is 6.70. The number of hydrogen-bond acceptors (Lipinski definition) is 2. The number of alkyl halides is 3. The number of benzene rings is 2. The van der Waals surface area contributed by atoms with Crippen LogP contribution in [-0.2, 0) is 6.18 Å². The minimum atomic E-state index is -4.39. The van der Waals surface area contributed by atoms with Gasteiger partial charge in [-0.1, -0.05) is 6.07 Å². The number of nitrogens with one attached hydrogen (secondary N) is 2. The van der Waals surface area contributed by atoms with Crippen LogP contribution in [0.4, 0.5) is 29.3 Å². The smallest absolute Gasteiger partial charge is 0.367 e. The zero-order valence-corrected chi connectivity index (χ0v) is 15.0. The molecule has 8 heteroatoms. The van der Waals surface area contributed by atoms with E-state index in [-0.39, 0.29) is 6.03 Å². The van der Waals surface area contributed by atoms with Crippen molar-refractivity contribution in [2.45, 2.75) is 6.18 Å². The molecule has 4 rings (SSSR count). The monoisotopic (exact) mass is 388 g/mol. The number of nitrogens with zero attached hydrogens (tertiary/aromatic N) is 2. The Balaban J connectivity index is 1.37. The number of carbonyl (C=O) groups excluding carboxylic acids is 1. The van der Waals surface area contributed by atoms with Gasteiger partial charge >= 0.3 is 12.2 Å². The largest absolute Gasteiger partial charge is 0.416 e. The van der Waals surface area contributed by atoms with E-state index in [0.29, 0.717) is 31.9 Å². The Bertz CT molecular complexity index is 973. The number of anilines is 2. The molecule has 1 aromatic heterocycles. The molecular weight excluding hydrogens is 369 g/mol. The number of aromatic amines is 1. The van der Waals surface area contributed by atoms with Gasteiger partial charge in [-0.25, -0.2) is 4.79 Å². The first-order valence-corrected chi connectivity index (χ1v) is 8.96. The molecule has 0 radical (unpaired) electrons. The van der Waals surface area contributed by atoms with Gasteiger partial charge in [0.25, 0.3) is 0 Å². The van der Waals surface area contributed by atoms with Gasteiger partial charge in [-0.3, -0.25) is 0 Å². The summed E-state index contributed by atoms with van der Waals surface area (Å²) in [5, 5.41) is 3.81. The number of rotatable bonds is 2. The maximum Gasteiger partial charge on any atom is 0.416 e. The van der Waals surface area contributed by atoms with E-state index < -0.39 is 11.7 Å². The second kappa shape index (κ2) is 7.10. The van der Waals surface area contributed by atoms with Crippen molar-refractivity contribution in [1.82, 2.24) is 9.88 Å². The number of amides is 2. The van der Waals surface area contributed by atoms with Crippen LogP contribution in [0.25, 0.3) is 10.9 Å². The predicted molar refractivity (Wildman–Crippen MR) is 103 cm³/mol. The minimum Gasteiger partial charge on any atom is -0.367 e. The molecular formula is C20H19F3N4O. The zero-order valence-electron chi connectivity index (χ0n) is 15.0. The van der Waals surface area contributed by atoms with Gasteiger partial charge in [-0.15, -0.1) is 0 Å². The third-order valence-electron chi connectivity index (χ3n) is 4.94. The lowest BCUT2D eigenvalue weighted by atomic mass is 10.1. The fraction of sp³-hybridized carbons (Fsp3) is 0.250. The van der Waals surface area contributed by atoms with Crippen LogP contribution in [0.2, 0.25) is 0 Å². The third-order valence-corrected chi connectivity index (χ3v) is 4.94. The molecule has 1 saturated heterocycles. The van der Waals surface area contributed by atoms with Crippen LogP contribution in [0.1, 0.15) is 5.56 Å². The van der Waals surface area contributed by atoms with Crippen molar-refractivity contribution in [3.8, 4) is 0 Å². The Labute approximate surface area is 159 Å². The molecule has 2 heterocycles. The number of urea groups is 1. The summed E-state index contributed by atoms with van der Waals surface area (Å²) in [5.74, 6) is 0. The first kappa shape index (κ1) is 18.2. The highest BCUT2D eigenvalue weighted by Gasteiger charge is 2.30. The molecule has 3 aromatic rings. The molecule has 1 fully saturated rings. The fourth-order valence-corrected chi connectivity index (χ4v) is 3.44. The molecule has 1 aliphatic heterocycles. The number of fused-ring (bicyclic) bond motifs is 1. The van der Waals surface area contributed by atoms with E-state index in [9.17, 15) is 18.0 Å². The van der Waals surface area contributed by atoms with E-state index in [1.54, 1.807) is 4.90 Å². The summed E-state index contributed by atoms with van der Waals surface area (Å²) in [6, 6.07) is 12.3. The lowest BCUT2D eigenvalue weighted by molar-refractivity contribution is -0.137. The summed E-state index contributed by atoms with van der Waals surface area (Å²) in [7, 11) is 0. The summed E-state index contributed by atoms with van der Waals surface area (Å²) in [6.45, 7) is 2.44. The molecule has 0 atom stereocenters. The first-order chi connectivity index (χ1) is 13.4. The normalized spacial score (nSPS) is 15.1. The maximum absolute atomic E-state index is 12.6. The molecule has 2 N–H and O–H groups in total. The summed E-state index contributed by atoms with van der Waals surface area (Å²) < 4.78 is 37.9. The highest BCUT2D eigenvalue weighted by Crippen LogP contribution is 2.30. The van der Waals surface area contributed by atoms with Crippen molar-refractivity contribution in [3.05, 3.63) is 60.3 Å². The number of halogens is 3. The Morgan fingerprint density at radius 2 is 1.68 bits per heavy atom. The minimum absolute atomic E-state index is 0.306. The molecule has 0 spiro atoms. The van der Waals surface area contributed by atoms with Gasteiger partial charge < -0.3 is 20.1 Å². The number of carbonyl (C=O) groups is 1. The van der Waals surface area contributed by atoms with Crippen molar-refractivity contribution >= 4 is 28.3 Å². The van der Waals surface area contributed by atoms with E-state index in [1.807, 2.05) is 24.4 Å². The third kappa shape index (κ3) is 3.62. The molecule has 2 amide bonds. The standard InChI is InChI=1S/C20H19F3N4O/c21-20(22,23)14-4-6-15(7-5-14)25-19(28)27-12-10-26(11-13-27)18-3-1-2-17-16(18)8-9-24-17/h1-9,24H,10-13H2,(H,25,28). The molecule has 0 bridgehead atoms. The molecule has 0 aliphatic carbocycles. The number of hydrogen-bond donors (Lipinski definition) is 2. The topological polar surface area (TPSA) is 51.4 Å². The lowest BCUT2D eigenvalue weighted by Gasteiger charge is -2.36. The molecule has 146 valence electrons. The van der Waals surface area contributed by atoms with Gasteiger partial charge in [0.2, 0.25) is 0 Å². The number of aromatic nitrogens is 1. The number of H-pyrrole nitrogens is 1. The summed E-state index contributed by atoms with van der Waals surface area (Å²) >= 11 is 0. The Hall–Kier alpha value is -3.16. The summed E-state index contributed by atoms with van der Waals surface area (Å²) in [4.78, 5) is 19.5. The van der Waals surface area contributed by atoms with E-state index >= 15 is 0 Å². The van der Waals surface area contributed by atoms with E-state index in [0.717, 1.165) is 28.7 Å². The van der Waals surface area contributed by atoms with Crippen LogP contribution in [0.15, 0.2) is 54.7 Å². The van der Waals surface area contributed by atoms with E-state index in [2.05, 4.69) is 21.3 Å². The predicted octanol–water partition coefficient (Wildman–Crippen LogP) is 4.54. The molecule has 5 nitrogen and oxygen atoms in total. The van der Waals surface area contributed by atoms with Crippen molar-refractivity contribution in [2.75, 3.05) is 36.4 Å². The Kier molecular flexibility index (Phi) is 4.62. The van der Waals surface area contributed by atoms with Gasteiger partial charge in [0.1, 0.15) is 0 Å². The van der Waals surface area contributed by atoms with Gasteiger partial charge in [0.15, 0.2) is 0 Å². The maximum atomic E-state index is 12.6. The van der Waals surface area contributed by atoms with Crippen LogP contribution in [-0.4, -0.2) is 42.1 Å². The Morgan fingerprint density at radius 3 is 2.36 bits per heavy atom. The average Bonchev–Trinajstić information content (AvgIpc) is 3.17. The molecule has 0 saturated carbocycles. The number of piperazine rings is 1. The van der Waals surface area contributed by atoms with Gasteiger partial charge in [0, 0.05) is 54.7 Å². The van der Waals surface area contributed by atoms with E-state index in [4.69, 9.17) is 0 Å². The first-order valence-electron chi connectivity index (χ1n) is 8.96. The summed E-state index contributed by atoms with van der Waals surface area (Å²) in [5.41, 5.74) is 1.80. The SMILES string of the molecule is O=C(Nc1ccc(C(F)(F)F)cc1)N1CCN(c2cccc3[nH]ccc23)CC1. The highest BCUT2D eigenvalue weighted by atomic mass is 19.4. The highest BCUT2D eigenvalue weighted by molar-refractivity contribution is 5.93. The molecule has 0 unspecified atom stereocenters. The van der Waals surface area contributed by atoms with Crippen molar-refractivity contribution in [3.63, 3.8) is 0 Å². The van der Waals surface area contributed by atoms with Gasteiger partial charge in [-0.05, 0) is 42.5 Å². The van der Waals surface area contributed by atoms with Crippen LogP contribution in [0.3, 0.4) is 0 Å². The quantitative estimate of drug-likeness (QED) is 0.677. The summed E-state index contributed by atoms with van der Waals surface area (Å²) in [6.07, 6.45) is -2.48. The van der Waals surface area contributed by atoms with Crippen LogP contribution >= 0.6 is 0 Å². The van der Waals surface area contributed by atoms with E-state index in [1.165, 1.54) is 12.1 Å². The van der Waals surface area contributed by atoms with Crippen molar-refractivity contribution in [1.29, 1.82) is 0 Å². The lowest BCUT2D eigenvalue weighted by Crippen LogP contribution is -2.50. The van der Waals surface area contributed by atoms with Crippen molar-refractivity contribution < 1.29 is 18.0 Å². The van der Waals surface area contributed by atoms with Crippen LogP contribution in [0.5, 0.6) is 0 Å². The molecule has 1 aliphatic rings. The second-order valence-corrected chi connectivity index (χ2v) is 6.70. The van der Waals surface area contributed by atoms with Gasteiger partial charge in [0.05, 0.1) is 5.56 Å².